The standard InChI is InChI=1S/C16H21F3N2O5S2/c1-11(2)10-26-15(23)21(28(24,25)16(17,18)19)12-6-8-27-13(12)9-20-7-4-3-5-14(20)22/h6,8,11H,3-5,7,9-10H2,1-2H3. The van der Waals surface area contributed by atoms with Crippen LogP contribution in [0.3, 0.4) is 0 Å². The molecule has 7 nitrogen and oxygen atoms in total. The van der Waals surface area contributed by atoms with Crippen molar-refractivity contribution < 1.29 is 35.9 Å². The Bertz CT molecular complexity index is 820. The van der Waals surface area contributed by atoms with Gasteiger partial charge >= 0.3 is 21.6 Å². The molecule has 1 saturated heterocycles. The van der Waals surface area contributed by atoms with Crippen molar-refractivity contribution in [1.29, 1.82) is 0 Å². The molecular formula is C16H21F3N2O5S2. The Kier molecular flexibility index (Phi) is 6.97. The van der Waals surface area contributed by atoms with E-state index < -0.39 is 27.3 Å². The van der Waals surface area contributed by atoms with Gasteiger partial charge in [-0.05, 0) is 30.2 Å². The van der Waals surface area contributed by atoms with Gasteiger partial charge in [0.05, 0.1) is 18.8 Å². The normalized spacial score (nSPS) is 15.8. The van der Waals surface area contributed by atoms with Gasteiger partial charge in [-0.2, -0.15) is 25.9 Å². The van der Waals surface area contributed by atoms with Gasteiger partial charge in [0.1, 0.15) is 0 Å². The third kappa shape index (κ3) is 4.96. The third-order valence-corrected chi connectivity index (χ3v) is 6.24. The van der Waals surface area contributed by atoms with Crippen LogP contribution in [-0.4, -0.2) is 44.0 Å². The SMILES string of the molecule is CC(C)COC(=O)N(c1ccsc1CN1CCCCC1=O)S(=O)(=O)C(F)(F)F. The molecule has 0 aromatic carbocycles. The van der Waals surface area contributed by atoms with Crippen LogP contribution in [0.25, 0.3) is 0 Å². The molecule has 1 aromatic rings. The number of anilines is 1. The highest BCUT2D eigenvalue weighted by molar-refractivity contribution is 7.94. The zero-order valence-corrected chi connectivity index (χ0v) is 17.0. The van der Waals surface area contributed by atoms with Crippen molar-refractivity contribution in [3.05, 3.63) is 16.3 Å². The summed E-state index contributed by atoms with van der Waals surface area (Å²) >= 11 is 0.967. The molecule has 0 bridgehead atoms. The van der Waals surface area contributed by atoms with Gasteiger partial charge in [0.15, 0.2) is 0 Å². The molecule has 2 rings (SSSR count). The molecule has 2 amide bonds. The minimum Gasteiger partial charge on any atom is -0.448 e. The highest BCUT2D eigenvalue weighted by atomic mass is 32.2. The van der Waals surface area contributed by atoms with E-state index >= 15 is 0 Å². The number of hydrogen-bond donors (Lipinski definition) is 0. The van der Waals surface area contributed by atoms with E-state index in [1.165, 1.54) is 10.3 Å². The summed E-state index contributed by atoms with van der Waals surface area (Å²) < 4.78 is 68.1. The molecule has 0 N–H and O–H groups in total. The largest absolute Gasteiger partial charge is 0.517 e. The van der Waals surface area contributed by atoms with Crippen LogP contribution in [0.15, 0.2) is 11.4 Å². The van der Waals surface area contributed by atoms with Gasteiger partial charge in [-0.3, -0.25) is 4.79 Å². The van der Waals surface area contributed by atoms with E-state index in [1.807, 2.05) is 0 Å². The van der Waals surface area contributed by atoms with Gasteiger partial charge in [0, 0.05) is 17.8 Å². The number of ether oxygens (including phenoxy) is 1. The van der Waals surface area contributed by atoms with Crippen molar-refractivity contribution in [1.82, 2.24) is 4.90 Å². The summed E-state index contributed by atoms with van der Waals surface area (Å²) in [6.45, 7) is 3.42. The molecule has 0 aliphatic carbocycles. The van der Waals surface area contributed by atoms with Crippen molar-refractivity contribution >= 4 is 39.0 Å². The molecule has 1 aromatic heterocycles. The third-order valence-electron chi connectivity index (χ3n) is 3.94. The van der Waals surface area contributed by atoms with E-state index in [4.69, 9.17) is 4.74 Å². The predicted molar refractivity (Wildman–Crippen MR) is 97.2 cm³/mol. The molecule has 0 atom stereocenters. The van der Waals surface area contributed by atoms with Crippen LogP contribution < -0.4 is 4.31 Å². The summed E-state index contributed by atoms with van der Waals surface area (Å²) in [4.78, 5) is 25.9. The molecule has 1 aliphatic rings. The predicted octanol–water partition coefficient (Wildman–Crippen LogP) is 3.71. The average molecular weight is 442 g/mol. The highest BCUT2D eigenvalue weighted by Gasteiger charge is 2.54. The molecule has 0 saturated carbocycles. The number of nitrogens with zero attached hydrogens (tertiary/aromatic N) is 2. The number of amides is 2. The maximum absolute atomic E-state index is 13.2. The van der Waals surface area contributed by atoms with Crippen LogP contribution in [0, 0.1) is 5.92 Å². The summed E-state index contributed by atoms with van der Waals surface area (Å²) in [5.74, 6) is -0.370. The highest BCUT2D eigenvalue weighted by Crippen LogP contribution is 2.36. The number of hydrogen-bond acceptors (Lipinski definition) is 6. The first-order valence-electron chi connectivity index (χ1n) is 8.57. The second kappa shape index (κ2) is 8.68. The minimum absolute atomic E-state index is 0.0762. The summed E-state index contributed by atoms with van der Waals surface area (Å²) in [7, 11) is -6.02. The summed E-state index contributed by atoms with van der Waals surface area (Å²) in [6, 6.07) is 1.11. The fourth-order valence-electron chi connectivity index (χ4n) is 2.56. The second-order valence-corrected chi connectivity index (χ2v) is 9.47. The first-order valence-corrected chi connectivity index (χ1v) is 10.9. The molecule has 2 heterocycles. The Balaban J connectivity index is 2.40. The quantitative estimate of drug-likeness (QED) is 0.671. The van der Waals surface area contributed by atoms with Gasteiger partial charge in [0.2, 0.25) is 5.91 Å². The van der Waals surface area contributed by atoms with E-state index in [1.54, 1.807) is 13.8 Å². The van der Waals surface area contributed by atoms with E-state index in [0.717, 1.165) is 30.2 Å². The maximum Gasteiger partial charge on any atom is 0.517 e. The fraction of sp³-hybridized carbons (Fsp3) is 0.625. The lowest BCUT2D eigenvalue weighted by molar-refractivity contribution is -0.133. The van der Waals surface area contributed by atoms with Crippen LogP contribution in [0.1, 0.15) is 38.0 Å². The molecule has 0 spiro atoms. The van der Waals surface area contributed by atoms with E-state index in [0.29, 0.717) is 13.0 Å². The van der Waals surface area contributed by atoms with Crippen molar-refractivity contribution in [2.75, 3.05) is 17.5 Å². The van der Waals surface area contributed by atoms with Gasteiger partial charge in [-0.1, -0.05) is 13.8 Å². The topological polar surface area (TPSA) is 84.0 Å². The number of rotatable bonds is 6. The van der Waals surface area contributed by atoms with Crippen LogP contribution >= 0.6 is 11.3 Å². The molecule has 28 heavy (non-hydrogen) atoms. The monoisotopic (exact) mass is 442 g/mol. The summed E-state index contributed by atoms with van der Waals surface area (Å²) in [6.07, 6.45) is 0.161. The molecule has 1 fully saturated rings. The maximum atomic E-state index is 13.2. The number of halogens is 3. The lowest BCUT2D eigenvalue weighted by atomic mass is 10.1. The molecule has 12 heteroatoms. The van der Waals surface area contributed by atoms with Crippen molar-refractivity contribution in [2.45, 2.75) is 45.2 Å². The lowest BCUT2D eigenvalue weighted by Gasteiger charge is -2.28. The average Bonchev–Trinajstić information content (AvgIpc) is 3.01. The van der Waals surface area contributed by atoms with E-state index in [9.17, 15) is 31.2 Å². The minimum atomic E-state index is -6.02. The molecular weight excluding hydrogens is 421 g/mol. The van der Waals surface area contributed by atoms with Gasteiger partial charge in [0.25, 0.3) is 0 Å². The van der Waals surface area contributed by atoms with Gasteiger partial charge in [-0.15, -0.1) is 11.3 Å². The number of piperidine rings is 1. The number of thiophene rings is 1. The van der Waals surface area contributed by atoms with E-state index in [-0.39, 0.29) is 34.2 Å². The summed E-state index contributed by atoms with van der Waals surface area (Å²) in [5, 5.41) is 1.37. The van der Waals surface area contributed by atoms with Gasteiger partial charge < -0.3 is 9.64 Å². The van der Waals surface area contributed by atoms with Crippen molar-refractivity contribution in [2.24, 2.45) is 5.92 Å². The first kappa shape index (κ1) is 22.5. The Labute approximate surface area is 165 Å². The molecule has 1 aliphatic heterocycles. The number of carbonyl (C=O) groups excluding carboxylic acids is 2. The zero-order chi connectivity index (χ0) is 21.1. The summed E-state index contributed by atoms with van der Waals surface area (Å²) in [5.41, 5.74) is -6.14. The smallest absolute Gasteiger partial charge is 0.448 e. The molecule has 0 unspecified atom stereocenters. The Hall–Kier alpha value is -1.82. The van der Waals surface area contributed by atoms with Crippen LogP contribution in [-0.2, 0) is 26.1 Å². The van der Waals surface area contributed by atoms with Crippen molar-refractivity contribution in [3.63, 3.8) is 0 Å². The first-order chi connectivity index (χ1) is 12.9. The van der Waals surface area contributed by atoms with Gasteiger partial charge in [-0.25, -0.2) is 4.79 Å². The number of carbonyl (C=O) groups is 2. The molecule has 158 valence electrons. The Morgan fingerprint density at radius 2 is 2.04 bits per heavy atom. The van der Waals surface area contributed by atoms with Crippen LogP contribution in [0.5, 0.6) is 0 Å². The van der Waals surface area contributed by atoms with Crippen LogP contribution in [0.2, 0.25) is 0 Å². The van der Waals surface area contributed by atoms with Crippen LogP contribution in [0.4, 0.5) is 23.7 Å². The Morgan fingerprint density at radius 3 is 2.61 bits per heavy atom. The number of sulfonamides is 1. The second-order valence-electron chi connectivity index (χ2n) is 6.69. The van der Waals surface area contributed by atoms with E-state index in [2.05, 4.69) is 0 Å². The fourth-order valence-corrected chi connectivity index (χ4v) is 4.38. The number of alkyl halides is 3. The number of likely N-dealkylation sites (tertiary alicyclic amines) is 1. The van der Waals surface area contributed by atoms with Crippen molar-refractivity contribution in [3.8, 4) is 0 Å². The Morgan fingerprint density at radius 1 is 1.36 bits per heavy atom. The zero-order valence-electron chi connectivity index (χ0n) is 15.4. The lowest BCUT2D eigenvalue weighted by Crippen LogP contribution is -2.45. The molecule has 0 radical (unpaired) electrons.